The molecule has 2 N–H and O–H groups in total. The molecule has 2 aromatic rings. The summed E-state index contributed by atoms with van der Waals surface area (Å²) in [4.78, 5) is 19.7. The van der Waals surface area contributed by atoms with Gasteiger partial charge in [-0.2, -0.15) is 0 Å². The Morgan fingerprint density at radius 3 is 2.86 bits per heavy atom. The first-order valence-electron chi connectivity index (χ1n) is 7.25. The summed E-state index contributed by atoms with van der Waals surface area (Å²) >= 11 is 1.43. The highest BCUT2D eigenvalue weighted by Crippen LogP contribution is 2.23. The Morgan fingerprint density at radius 2 is 2.18 bits per heavy atom. The molecular weight excluding hydrogens is 294 g/mol. The molecule has 0 aliphatic heterocycles. The van der Waals surface area contributed by atoms with Gasteiger partial charge in [0.1, 0.15) is 0 Å². The SMILES string of the molecule is C=CCNC(=O)C(C)Sc1nc(Cc2ccccc2)c(C)[nH]1. The Kier molecular flexibility index (Phi) is 5.83. The number of H-pyrrole nitrogens is 1. The number of nitrogens with one attached hydrogen (secondary N) is 2. The number of aryl methyl sites for hydroxylation is 1. The van der Waals surface area contributed by atoms with E-state index in [-0.39, 0.29) is 11.2 Å². The van der Waals surface area contributed by atoms with E-state index in [0.717, 1.165) is 23.0 Å². The molecule has 4 nitrogen and oxygen atoms in total. The van der Waals surface area contributed by atoms with Crippen molar-refractivity contribution < 1.29 is 4.79 Å². The zero-order valence-electron chi connectivity index (χ0n) is 12.9. The first kappa shape index (κ1) is 16.4. The highest BCUT2D eigenvalue weighted by atomic mass is 32.2. The maximum absolute atomic E-state index is 11.9. The molecule has 1 aromatic heterocycles. The lowest BCUT2D eigenvalue weighted by Gasteiger charge is -2.08. The molecule has 2 rings (SSSR count). The first-order valence-corrected chi connectivity index (χ1v) is 8.12. The molecule has 0 aliphatic rings. The van der Waals surface area contributed by atoms with E-state index in [1.807, 2.05) is 32.0 Å². The van der Waals surface area contributed by atoms with Gasteiger partial charge in [0.2, 0.25) is 5.91 Å². The highest BCUT2D eigenvalue weighted by Gasteiger charge is 2.16. The largest absolute Gasteiger partial charge is 0.352 e. The Bertz CT molecular complexity index is 637. The summed E-state index contributed by atoms with van der Waals surface area (Å²) in [6, 6.07) is 10.2. The van der Waals surface area contributed by atoms with Gasteiger partial charge in [0.05, 0.1) is 10.9 Å². The van der Waals surface area contributed by atoms with Crippen LogP contribution in [0.1, 0.15) is 23.9 Å². The van der Waals surface area contributed by atoms with Crippen molar-refractivity contribution in [2.75, 3.05) is 6.54 Å². The van der Waals surface area contributed by atoms with Crippen LogP contribution in [0.3, 0.4) is 0 Å². The molecule has 1 aromatic carbocycles. The summed E-state index contributed by atoms with van der Waals surface area (Å²) in [5.74, 6) is -0.0106. The van der Waals surface area contributed by atoms with Gasteiger partial charge in [-0.15, -0.1) is 6.58 Å². The lowest BCUT2D eigenvalue weighted by Crippen LogP contribution is -2.30. The maximum atomic E-state index is 11.9. The predicted octanol–water partition coefficient (Wildman–Crippen LogP) is 3.09. The molecule has 0 radical (unpaired) electrons. The maximum Gasteiger partial charge on any atom is 0.233 e. The Balaban J connectivity index is 2.00. The second-order valence-corrected chi connectivity index (χ2v) is 6.40. The van der Waals surface area contributed by atoms with Crippen molar-refractivity contribution >= 4 is 17.7 Å². The normalized spacial score (nSPS) is 11.9. The quantitative estimate of drug-likeness (QED) is 0.610. The van der Waals surface area contributed by atoms with E-state index in [1.165, 1.54) is 17.3 Å². The van der Waals surface area contributed by atoms with Crippen LogP contribution in [0.25, 0.3) is 0 Å². The summed E-state index contributed by atoms with van der Waals surface area (Å²) < 4.78 is 0. The van der Waals surface area contributed by atoms with Gasteiger partial charge >= 0.3 is 0 Å². The fourth-order valence-electron chi connectivity index (χ4n) is 2.02. The minimum atomic E-state index is -0.199. The van der Waals surface area contributed by atoms with Gasteiger partial charge < -0.3 is 10.3 Å². The standard InChI is InChI=1S/C17H21N3OS/c1-4-10-18-16(21)13(3)22-17-19-12(2)15(20-17)11-14-8-6-5-7-9-14/h4-9,13H,1,10-11H2,2-3H3,(H,18,21)(H,19,20). The number of aromatic amines is 1. The summed E-state index contributed by atoms with van der Waals surface area (Å²) in [5.41, 5.74) is 3.29. The fourth-order valence-corrected chi connectivity index (χ4v) is 2.92. The molecule has 0 fully saturated rings. The molecule has 116 valence electrons. The van der Waals surface area contributed by atoms with Crippen LogP contribution in [0.15, 0.2) is 48.1 Å². The summed E-state index contributed by atoms with van der Waals surface area (Å²) in [7, 11) is 0. The van der Waals surface area contributed by atoms with E-state index in [4.69, 9.17) is 0 Å². The molecule has 1 unspecified atom stereocenters. The number of hydrogen-bond donors (Lipinski definition) is 2. The van der Waals surface area contributed by atoms with Gasteiger partial charge in [-0.25, -0.2) is 4.98 Å². The Hall–Kier alpha value is -2.01. The third-order valence-electron chi connectivity index (χ3n) is 3.26. The molecule has 0 saturated heterocycles. The number of amides is 1. The predicted molar refractivity (Wildman–Crippen MR) is 91.1 cm³/mol. The molecule has 0 bridgehead atoms. The molecule has 0 spiro atoms. The van der Waals surface area contributed by atoms with E-state index in [2.05, 4.69) is 34.0 Å². The summed E-state index contributed by atoms with van der Waals surface area (Å²) in [5, 5.41) is 3.38. The molecule has 0 aliphatic carbocycles. The van der Waals surface area contributed by atoms with Crippen molar-refractivity contribution in [1.82, 2.24) is 15.3 Å². The average molecular weight is 315 g/mol. The molecule has 0 saturated carbocycles. The second kappa shape index (κ2) is 7.84. The number of imidazole rings is 1. The highest BCUT2D eigenvalue weighted by molar-refractivity contribution is 8.00. The van der Waals surface area contributed by atoms with Crippen LogP contribution in [0.5, 0.6) is 0 Å². The number of hydrogen-bond acceptors (Lipinski definition) is 3. The number of thioether (sulfide) groups is 1. The van der Waals surface area contributed by atoms with E-state index in [0.29, 0.717) is 6.54 Å². The van der Waals surface area contributed by atoms with Crippen molar-refractivity contribution in [1.29, 1.82) is 0 Å². The topological polar surface area (TPSA) is 57.8 Å². The van der Waals surface area contributed by atoms with Crippen LogP contribution >= 0.6 is 11.8 Å². The monoisotopic (exact) mass is 315 g/mol. The van der Waals surface area contributed by atoms with Crippen LogP contribution in [0.4, 0.5) is 0 Å². The van der Waals surface area contributed by atoms with Gasteiger partial charge in [0, 0.05) is 18.7 Å². The van der Waals surface area contributed by atoms with Gasteiger partial charge in [0.15, 0.2) is 5.16 Å². The van der Waals surface area contributed by atoms with E-state index in [9.17, 15) is 4.79 Å². The van der Waals surface area contributed by atoms with Crippen LogP contribution in [0.2, 0.25) is 0 Å². The molecule has 5 heteroatoms. The minimum absolute atomic E-state index is 0.0106. The zero-order valence-corrected chi connectivity index (χ0v) is 13.7. The number of carbonyl (C=O) groups excluding carboxylic acids is 1. The van der Waals surface area contributed by atoms with Crippen molar-refractivity contribution in [3.63, 3.8) is 0 Å². The number of nitrogens with zero attached hydrogens (tertiary/aromatic N) is 1. The number of carbonyl (C=O) groups is 1. The first-order chi connectivity index (χ1) is 10.6. The van der Waals surface area contributed by atoms with Crippen molar-refractivity contribution in [3.05, 3.63) is 59.9 Å². The third-order valence-corrected chi connectivity index (χ3v) is 4.24. The van der Waals surface area contributed by atoms with Crippen LogP contribution in [-0.4, -0.2) is 27.7 Å². The summed E-state index contributed by atoms with van der Waals surface area (Å²) in [6.07, 6.45) is 2.46. The van der Waals surface area contributed by atoms with Crippen LogP contribution in [0, 0.1) is 6.92 Å². The third kappa shape index (κ3) is 4.49. The van der Waals surface area contributed by atoms with Crippen LogP contribution in [-0.2, 0) is 11.2 Å². The zero-order chi connectivity index (χ0) is 15.9. The Morgan fingerprint density at radius 1 is 1.45 bits per heavy atom. The van der Waals surface area contributed by atoms with Crippen molar-refractivity contribution in [3.8, 4) is 0 Å². The lowest BCUT2D eigenvalue weighted by atomic mass is 10.1. The number of rotatable bonds is 7. The van der Waals surface area contributed by atoms with E-state index in [1.54, 1.807) is 6.08 Å². The van der Waals surface area contributed by atoms with Gasteiger partial charge in [0.25, 0.3) is 0 Å². The molecule has 1 atom stereocenters. The molecule has 1 amide bonds. The number of benzene rings is 1. The van der Waals surface area contributed by atoms with Gasteiger partial charge in [-0.1, -0.05) is 48.2 Å². The molecular formula is C17H21N3OS. The lowest BCUT2D eigenvalue weighted by molar-refractivity contribution is -0.120. The van der Waals surface area contributed by atoms with Gasteiger partial charge in [-0.3, -0.25) is 4.79 Å². The number of aromatic nitrogens is 2. The van der Waals surface area contributed by atoms with Crippen molar-refractivity contribution in [2.24, 2.45) is 0 Å². The van der Waals surface area contributed by atoms with Gasteiger partial charge in [-0.05, 0) is 19.4 Å². The molecule has 1 heterocycles. The van der Waals surface area contributed by atoms with Crippen molar-refractivity contribution in [2.45, 2.75) is 30.7 Å². The molecule has 22 heavy (non-hydrogen) atoms. The smallest absolute Gasteiger partial charge is 0.233 e. The summed E-state index contributed by atoms with van der Waals surface area (Å²) in [6.45, 7) is 7.96. The second-order valence-electron chi connectivity index (χ2n) is 5.07. The van der Waals surface area contributed by atoms with Crippen LogP contribution < -0.4 is 5.32 Å². The Labute approximate surface area is 135 Å². The average Bonchev–Trinajstić information content (AvgIpc) is 2.85. The minimum Gasteiger partial charge on any atom is -0.352 e. The fraction of sp³-hybridized carbons (Fsp3) is 0.294. The van der Waals surface area contributed by atoms with E-state index >= 15 is 0 Å². The van der Waals surface area contributed by atoms with E-state index < -0.39 is 0 Å².